The highest BCUT2D eigenvalue weighted by Crippen LogP contribution is 2.27. The fourth-order valence-electron chi connectivity index (χ4n) is 3.25. The predicted molar refractivity (Wildman–Crippen MR) is 126 cm³/mol. The minimum atomic E-state index is -0.553. The van der Waals surface area contributed by atoms with E-state index in [4.69, 9.17) is 21.7 Å². The number of anilines is 1. The van der Waals surface area contributed by atoms with E-state index in [1.807, 2.05) is 42.5 Å². The second kappa shape index (κ2) is 9.45. The van der Waals surface area contributed by atoms with Gasteiger partial charge in [-0.15, -0.1) is 0 Å². The zero-order chi connectivity index (χ0) is 22.5. The number of carbonyl (C=O) groups is 2. The van der Waals surface area contributed by atoms with Crippen LogP contribution in [0.4, 0.5) is 5.69 Å². The molecule has 1 N–H and O–H groups in total. The highest BCUT2D eigenvalue weighted by molar-refractivity contribution is 7.80. The number of nitrogens with zero attached hydrogens (tertiary/aromatic N) is 1. The first kappa shape index (κ1) is 21.3. The van der Waals surface area contributed by atoms with Crippen LogP contribution in [0.5, 0.6) is 11.5 Å². The Labute approximate surface area is 191 Å². The molecule has 0 saturated carbocycles. The van der Waals surface area contributed by atoms with Gasteiger partial charge >= 0.3 is 0 Å². The molecule has 7 heteroatoms. The molecule has 0 unspecified atom stereocenters. The first-order valence-electron chi connectivity index (χ1n) is 9.88. The van der Waals surface area contributed by atoms with Gasteiger partial charge in [0.2, 0.25) is 0 Å². The van der Waals surface area contributed by atoms with Crippen molar-refractivity contribution in [2.24, 2.45) is 0 Å². The number of hydrogen-bond acceptors (Lipinski definition) is 5. The lowest BCUT2D eigenvalue weighted by molar-refractivity contribution is -0.122. The molecule has 1 aliphatic heterocycles. The first-order chi connectivity index (χ1) is 15.6. The summed E-state index contributed by atoms with van der Waals surface area (Å²) in [6.45, 7) is 0.364. The summed E-state index contributed by atoms with van der Waals surface area (Å²) in [6.07, 6.45) is 1.52. The van der Waals surface area contributed by atoms with Gasteiger partial charge in [-0.3, -0.25) is 19.8 Å². The predicted octanol–water partition coefficient (Wildman–Crippen LogP) is 4.11. The van der Waals surface area contributed by atoms with Gasteiger partial charge in [-0.1, -0.05) is 48.5 Å². The van der Waals surface area contributed by atoms with Crippen LogP contribution in [0.25, 0.3) is 6.08 Å². The van der Waals surface area contributed by atoms with Crippen LogP contribution in [0.3, 0.4) is 0 Å². The van der Waals surface area contributed by atoms with Gasteiger partial charge in [0.25, 0.3) is 11.8 Å². The maximum absolute atomic E-state index is 13.2. The van der Waals surface area contributed by atoms with Crippen molar-refractivity contribution in [2.75, 3.05) is 12.0 Å². The standard InChI is InChI=1S/C25H20N2O4S/c1-30-20-13-11-19(12-14-20)27-24(29)21(23(28)26-25(27)32)15-18-9-5-6-10-22(18)31-16-17-7-3-2-4-8-17/h2-15H,16H2,1H3,(H,26,28,32)/b21-15-. The Morgan fingerprint density at radius 2 is 1.62 bits per heavy atom. The van der Waals surface area contributed by atoms with E-state index in [1.165, 1.54) is 11.0 Å². The minimum Gasteiger partial charge on any atom is -0.497 e. The number of methoxy groups -OCH3 is 1. The summed E-state index contributed by atoms with van der Waals surface area (Å²) in [7, 11) is 1.56. The summed E-state index contributed by atoms with van der Waals surface area (Å²) < 4.78 is 11.1. The number of hydrogen-bond donors (Lipinski definition) is 1. The molecule has 2 amide bonds. The molecule has 0 aromatic heterocycles. The number of rotatable bonds is 6. The van der Waals surface area contributed by atoms with Crippen LogP contribution >= 0.6 is 12.2 Å². The fraction of sp³-hybridized carbons (Fsp3) is 0.0800. The van der Waals surface area contributed by atoms with Crippen LogP contribution in [-0.2, 0) is 16.2 Å². The lowest BCUT2D eigenvalue weighted by atomic mass is 10.1. The van der Waals surface area contributed by atoms with Crippen LogP contribution < -0.4 is 19.7 Å². The van der Waals surface area contributed by atoms with Crippen LogP contribution in [0, 0.1) is 0 Å². The number of benzene rings is 3. The molecule has 3 aromatic carbocycles. The van der Waals surface area contributed by atoms with E-state index < -0.39 is 11.8 Å². The Kier molecular flexibility index (Phi) is 6.28. The number of nitrogens with one attached hydrogen (secondary N) is 1. The maximum atomic E-state index is 13.2. The molecule has 1 saturated heterocycles. The van der Waals surface area contributed by atoms with Gasteiger partial charge in [-0.05, 0) is 54.2 Å². The van der Waals surface area contributed by atoms with Crippen LogP contribution in [0.1, 0.15) is 11.1 Å². The zero-order valence-electron chi connectivity index (χ0n) is 17.3. The van der Waals surface area contributed by atoms with Crippen molar-refractivity contribution in [3.05, 3.63) is 95.6 Å². The van der Waals surface area contributed by atoms with Crippen LogP contribution in [0.15, 0.2) is 84.4 Å². The molecule has 32 heavy (non-hydrogen) atoms. The molecule has 6 nitrogen and oxygen atoms in total. The monoisotopic (exact) mass is 444 g/mol. The topological polar surface area (TPSA) is 67.9 Å². The van der Waals surface area contributed by atoms with Crippen molar-refractivity contribution in [1.29, 1.82) is 0 Å². The molecule has 160 valence electrons. The third kappa shape index (κ3) is 4.53. The highest BCUT2D eigenvalue weighted by Gasteiger charge is 2.34. The maximum Gasteiger partial charge on any atom is 0.270 e. The molecule has 0 atom stereocenters. The Balaban J connectivity index is 1.63. The summed E-state index contributed by atoms with van der Waals surface area (Å²) >= 11 is 5.25. The quantitative estimate of drug-likeness (QED) is 0.352. The van der Waals surface area contributed by atoms with Crippen molar-refractivity contribution < 1.29 is 19.1 Å². The molecular weight excluding hydrogens is 424 g/mol. The molecule has 1 heterocycles. The van der Waals surface area contributed by atoms with Crippen LogP contribution in [0.2, 0.25) is 0 Å². The van der Waals surface area contributed by atoms with E-state index >= 15 is 0 Å². The lowest BCUT2D eigenvalue weighted by Gasteiger charge is -2.29. The molecular formula is C25H20N2O4S. The molecule has 1 fully saturated rings. The Morgan fingerprint density at radius 1 is 0.938 bits per heavy atom. The molecule has 0 bridgehead atoms. The summed E-state index contributed by atoms with van der Waals surface area (Å²) in [5.41, 5.74) is 2.12. The minimum absolute atomic E-state index is 0.0240. The average Bonchev–Trinajstić information content (AvgIpc) is 2.82. The fourth-order valence-corrected chi connectivity index (χ4v) is 3.53. The van der Waals surface area contributed by atoms with Crippen molar-refractivity contribution >= 4 is 40.9 Å². The van der Waals surface area contributed by atoms with E-state index in [0.717, 1.165) is 5.56 Å². The Hall–Kier alpha value is -3.97. The first-order valence-corrected chi connectivity index (χ1v) is 10.3. The van der Waals surface area contributed by atoms with Crippen molar-refractivity contribution in [3.63, 3.8) is 0 Å². The number of amides is 2. The van der Waals surface area contributed by atoms with Crippen LogP contribution in [-0.4, -0.2) is 24.0 Å². The van der Waals surface area contributed by atoms with Crippen molar-refractivity contribution in [2.45, 2.75) is 6.61 Å². The summed E-state index contributed by atoms with van der Waals surface area (Å²) in [5.74, 6) is 0.145. The van der Waals surface area contributed by atoms with Gasteiger partial charge in [-0.25, -0.2) is 0 Å². The summed E-state index contributed by atoms with van der Waals surface area (Å²) in [5, 5.41) is 2.62. The average molecular weight is 445 g/mol. The van der Waals surface area contributed by atoms with E-state index in [9.17, 15) is 9.59 Å². The number of ether oxygens (including phenoxy) is 2. The molecule has 0 spiro atoms. The van der Waals surface area contributed by atoms with Gasteiger partial charge in [0, 0.05) is 5.56 Å². The van der Waals surface area contributed by atoms with E-state index in [2.05, 4.69) is 5.32 Å². The number of thiocarbonyl (C=S) groups is 1. The molecule has 0 radical (unpaired) electrons. The SMILES string of the molecule is COc1ccc(N2C(=O)/C(=C\c3ccccc3OCc3ccccc3)C(=O)NC2=S)cc1. The van der Waals surface area contributed by atoms with Gasteiger partial charge < -0.3 is 9.47 Å². The van der Waals surface area contributed by atoms with Gasteiger partial charge in [0.05, 0.1) is 12.8 Å². The second-order valence-corrected chi connectivity index (χ2v) is 7.35. The van der Waals surface area contributed by atoms with Gasteiger partial charge in [0.1, 0.15) is 23.7 Å². The van der Waals surface area contributed by atoms with Crippen molar-refractivity contribution in [3.8, 4) is 11.5 Å². The normalized spacial score (nSPS) is 15.0. The summed E-state index contributed by atoms with van der Waals surface area (Å²) in [4.78, 5) is 27.1. The zero-order valence-corrected chi connectivity index (χ0v) is 18.1. The second-order valence-electron chi connectivity index (χ2n) is 6.97. The van der Waals surface area contributed by atoms with Gasteiger partial charge in [0.15, 0.2) is 5.11 Å². The molecule has 3 aromatic rings. The molecule has 0 aliphatic carbocycles. The van der Waals surface area contributed by atoms with E-state index in [-0.39, 0.29) is 10.7 Å². The Morgan fingerprint density at radius 3 is 2.34 bits per heavy atom. The lowest BCUT2D eigenvalue weighted by Crippen LogP contribution is -2.54. The number of carbonyl (C=O) groups excluding carboxylic acids is 2. The third-order valence-corrected chi connectivity index (χ3v) is 5.17. The van der Waals surface area contributed by atoms with E-state index in [0.29, 0.717) is 29.4 Å². The number of para-hydroxylation sites is 1. The van der Waals surface area contributed by atoms with Crippen molar-refractivity contribution in [1.82, 2.24) is 5.32 Å². The van der Waals surface area contributed by atoms with Gasteiger partial charge in [-0.2, -0.15) is 0 Å². The van der Waals surface area contributed by atoms with E-state index in [1.54, 1.807) is 43.5 Å². The smallest absolute Gasteiger partial charge is 0.270 e. The molecule has 1 aliphatic rings. The summed E-state index contributed by atoms with van der Waals surface area (Å²) in [6, 6.07) is 23.8. The Bertz CT molecular complexity index is 1190. The highest BCUT2D eigenvalue weighted by atomic mass is 32.1. The molecule has 4 rings (SSSR count). The third-order valence-electron chi connectivity index (χ3n) is 4.89. The largest absolute Gasteiger partial charge is 0.497 e.